The topological polar surface area (TPSA) is 46.2 Å². The lowest BCUT2D eigenvalue weighted by Crippen LogP contribution is -2.00. The molecule has 3 aromatic carbocycles. The van der Waals surface area contributed by atoms with Crippen molar-refractivity contribution < 1.29 is 23.7 Å². The molecule has 1 heterocycles. The lowest BCUT2D eigenvalue weighted by atomic mass is 9.87. The average molecular weight is 418 g/mol. The molecule has 160 valence electrons. The second-order valence-corrected chi connectivity index (χ2v) is 7.06. The quantitative estimate of drug-likeness (QED) is 0.453. The van der Waals surface area contributed by atoms with Crippen LogP contribution in [0.4, 0.5) is 0 Å². The molecule has 0 saturated heterocycles. The van der Waals surface area contributed by atoms with Crippen molar-refractivity contribution in [2.45, 2.75) is 13.3 Å². The van der Waals surface area contributed by atoms with Gasteiger partial charge < -0.3 is 23.7 Å². The standard InChI is InChI=1S/C26H26O5/c1-5-20(17-9-7-6-8-10-17)25(18-11-12-21-22(13-18)31-16-30-21)19-14-23(27-2)26(29-4)24(15-19)28-3/h6-15H,5,16H2,1-4H3/b25-20-. The Balaban J connectivity index is 2.01. The number of methoxy groups -OCH3 is 3. The van der Waals surface area contributed by atoms with E-state index in [0.717, 1.165) is 40.2 Å². The van der Waals surface area contributed by atoms with Crippen molar-refractivity contribution in [3.63, 3.8) is 0 Å². The predicted molar refractivity (Wildman–Crippen MR) is 121 cm³/mol. The Bertz CT molecular complexity index is 1080. The molecule has 0 radical (unpaired) electrons. The van der Waals surface area contributed by atoms with Crippen LogP contribution in [0.3, 0.4) is 0 Å². The summed E-state index contributed by atoms with van der Waals surface area (Å²) in [5, 5.41) is 0. The van der Waals surface area contributed by atoms with E-state index in [-0.39, 0.29) is 6.79 Å². The van der Waals surface area contributed by atoms with Gasteiger partial charge in [0, 0.05) is 0 Å². The third kappa shape index (κ3) is 3.91. The summed E-state index contributed by atoms with van der Waals surface area (Å²) in [5.74, 6) is 3.28. The number of hydrogen-bond acceptors (Lipinski definition) is 5. The highest BCUT2D eigenvalue weighted by molar-refractivity contribution is 5.99. The first-order chi connectivity index (χ1) is 15.2. The summed E-state index contributed by atoms with van der Waals surface area (Å²) < 4.78 is 28.0. The summed E-state index contributed by atoms with van der Waals surface area (Å²) in [7, 11) is 4.86. The fourth-order valence-corrected chi connectivity index (χ4v) is 3.96. The van der Waals surface area contributed by atoms with Gasteiger partial charge in [0.25, 0.3) is 0 Å². The van der Waals surface area contributed by atoms with Crippen LogP contribution in [0.2, 0.25) is 0 Å². The highest BCUT2D eigenvalue weighted by Crippen LogP contribution is 2.45. The van der Waals surface area contributed by atoms with Gasteiger partial charge in [0.2, 0.25) is 12.5 Å². The first kappa shape index (κ1) is 20.7. The Hall–Kier alpha value is -3.60. The lowest BCUT2D eigenvalue weighted by molar-refractivity contribution is 0.174. The Morgan fingerprint density at radius 1 is 0.742 bits per heavy atom. The van der Waals surface area contributed by atoms with E-state index in [1.807, 2.05) is 30.3 Å². The smallest absolute Gasteiger partial charge is 0.231 e. The minimum atomic E-state index is 0.237. The van der Waals surface area contributed by atoms with Crippen molar-refractivity contribution in [3.05, 3.63) is 77.4 Å². The van der Waals surface area contributed by atoms with Gasteiger partial charge in [0.05, 0.1) is 21.3 Å². The van der Waals surface area contributed by atoms with Gasteiger partial charge in [0.1, 0.15) is 0 Å². The van der Waals surface area contributed by atoms with Crippen molar-refractivity contribution in [2.24, 2.45) is 0 Å². The van der Waals surface area contributed by atoms with E-state index in [1.54, 1.807) is 21.3 Å². The van der Waals surface area contributed by atoms with Crippen molar-refractivity contribution in [2.75, 3.05) is 28.1 Å². The van der Waals surface area contributed by atoms with Gasteiger partial charge in [-0.25, -0.2) is 0 Å². The van der Waals surface area contributed by atoms with Gasteiger partial charge in [-0.3, -0.25) is 0 Å². The second kappa shape index (κ2) is 9.04. The van der Waals surface area contributed by atoms with Gasteiger partial charge in [-0.05, 0) is 58.5 Å². The maximum absolute atomic E-state index is 5.66. The van der Waals surface area contributed by atoms with Crippen LogP contribution < -0.4 is 23.7 Å². The van der Waals surface area contributed by atoms with Gasteiger partial charge in [-0.2, -0.15) is 0 Å². The molecule has 0 N–H and O–H groups in total. The van der Waals surface area contributed by atoms with E-state index in [2.05, 4.69) is 37.3 Å². The Kier molecular flexibility index (Phi) is 6.03. The number of ether oxygens (including phenoxy) is 5. The molecule has 0 amide bonds. The molecule has 0 bridgehead atoms. The molecule has 31 heavy (non-hydrogen) atoms. The molecule has 3 aromatic rings. The van der Waals surface area contributed by atoms with Crippen LogP contribution in [0, 0.1) is 0 Å². The molecule has 0 unspecified atom stereocenters. The first-order valence-corrected chi connectivity index (χ1v) is 10.2. The Morgan fingerprint density at radius 2 is 1.42 bits per heavy atom. The summed E-state index contributed by atoms with van der Waals surface area (Å²) in [6.07, 6.45) is 0.838. The number of allylic oxidation sites excluding steroid dienone is 1. The molecule has 5 heteroatoms. The summed E-state index contributed by atoms with van der Waals surface area (Å²) in [5.41, 5.74) is 5.43. The van der Waals surface area contributed by atoms with Crippen LogP contribution in [-0.4, -0.2) is 28.1 Å². The van der Waals surface area contributed by atoms with Crippen LogP contribution in [0.5, 0.6) is 28.7 Å². The normalized spacial score (nSPS) is 12.9. The maximum atomic E-state index is 5.66. The molecular formula is C26H26O5. The number of fused-ring (bicyclic) bond motifs is 1. The molecule has 0 saturated carbocycles. The van der Waals surface area contributed by atoms with Gasteiger partial charge in [-0.1, -0.05) is 43.3 Å². The van der Waals surface area contributed by atoms with Gasteiger partial charge >= 0.3 is 0 Å². The largest absolute Gasteiger partial charge is 0.493 e. The molecule has 0 fully saturated rings. The highest BCUT2D eigenvalue weighted by atomic mass is 16.7. The van der Waals surface area contributed by atoms with Crippen LogP contribution in [0.25, 0.3) is 11.1 Å². The third-order valence-corrected chi connectivity index (χ3v) is 5.39. The van der Waals surface area contributed by atoms with Crippen molar-refractivity contribution in [1.29, 1.82) is 0 Å². The number of benzene rings is 3. The van der Waals surface area contributed by atoms with Crippen LogP contribution in [0.1, 0.15) is 30.0 Å². The fourth-order valence-electron chi connectivity index (χ4n) is 3.96. The Labute approximate surface area is 182 Å². The van der Waals surface area contributed by atoms with Crippen LogP contribution >= 0.6 is 0 Å². The predicted octanol–water partition coefficient (Wildman–Crippen LogP) is 5.81. The number of hydrogen-bond donors (Lipinski definition) is 0. The van der Waals surface area contributed by atoms with Gasteiger partial charge in [0.15, 0.2) is 23.0 Å². The second-order valence-electron chi connectivity index (χ2n) is 7.06. The molecule has 0 aromatic heterocycles. The van der Waals surface area contributed by atoms with Crippen molar-refractivity contribution in [3.8, 4) is 28.7 Å². The molecule has 0 atom stereocenters. The summed E-state index contributed by atoms with van der Waals surface area (Å²) in [4.78, 5) is 0. The maximum Gasteiger partial charge on any atom is 0.231 e. The van der Waals surface area contributed by atoms with Crippen molar-refractivity contribution in [1.82, 2.24) is 0 Å². The zero-order valence-electron chi connectivity index (χ0n) is 18.2. The SMILES string of the molecule is CC/C(=C(\c1ccc2c(c1)OCO2)c1cc(OC)c(OC)c(OC)c1)c1ccccc1. The van der Waals surface area contributed by atoms with E-state index in [0.29, 0.717) is 17.2 Å². The van der Waals surface area contributed by atoms with Gasteiger partial charge in [-0.15, -0.1) is 0 Å². The van der Waals surface area contributed by atoms with E-state index >= 15 is 0 Å². The zero-order chi connectivity index (χ0) is 21.8. The summed E-state index contributed by atoms with van der Waals surface area (Å²) in [6.45, 7) is 2.40. The Morgan fingerprint density at radius 3 is 2.03 bits per heavy atom. The molecule has 0 spiro atoms. The van der Waals surface area contributed by atoms with E-state index in [4.69, 9.17) is 23.7 Å². The molecule has 0 aliphatic carbocycles. The molecule has 5 nitrogen and oxygen atoms in total. The molecule has 4 rings (SSSR count). The highest BCUT2D eigenvalue weighted by Gasteiger charge is 2.21. The zero-order valence-corrected chi connectivity index (χ0v) is 18.2. The monoisotopic (exact) mass is 418 g/mol. The summed E-state index contributed by atoms with van der Waals surface area (Å²) in [6, 6.07) is 20.4. The van der Waals surface area contributed by atoms with E-state index < -0.39 is 0 Å². The minimum Gasteiger partial charge on any atom is -0.493 e. The summed E-state index contributed by atoms with van der Waals surface area (Å²) >= 11 is 0. The molecule has 1 aliphatic heterocycles. The fraction of sp³-hybridized carbons (Fsp3) is 0.231. The van der Waals surface area contributed by atoms with Crippen LogP contribution in [-0.2, 0) is 0 Å². The lowest BCUT2D eigenvalue weighted by Gasteiger charge is -2.19. The molecule has 1 aliphatic rings. The van der Waals surface area contributed by atoms with Crippen molar-refractivity contribution >= 4 is 11.1 Å². The number of rotatable bonds is 7. The average Bonchev–Trinajstić information content (AvgIpc) is 3.30. The first-order valence-electron chi connectivity index (χ1n) is 10.2. The third-order valence-electron chi connectivity index (χ3n) is 5.39. The minimum absolute atomic E-state index is 0.237. The molecular weight excluding hydrogens is 392 g/mol. The van der Waals surface area contributed by atoms with E-state index in [1.165, 1.54) is 5.57 Å². The van der Waals surface area contributed by atoms with E-state index in [9.17, 15) is 0 Å². The van der Waals surface area contributed by atoms with Crippen LogP contribution in [0.15, 0.2) is 60.7 Å².